The number of Topliss-reactive ketones (excluding diaryl/α,β-unsaturated/α-hetero) is 1. The fourth-order valence-corrected chi connectivity index (χ4v) is 3.31. The van der Waals surface area contributed by atoms with E-state index in [1.54, 1.807) is 12.1 Å². The van der Waals surface area contributed by atoms with Crippen molar-refractivity contribution in [1.29, 1.82) is 0 Å². The molecule has 2 N–H and O–H groups in total. The van der Waals surface area contributed by atoms with Crippen molar-refractivity contribution >= 4 is 22.7 Å². The van der Waals surface area contributed by atoms with Gasteiger partial charge in [-0.1, -0.05) is 18.2 Å². The van der Waals surface area contributed by atoms with Crippen LogP contribution >= 0.6 is 0 Å². The molecule has 0 aliphatic heterocycles. The Kier molecular flexibility index (Phi) is 4.06. The van der Waals surface area contributed by atoms with E-state index in [4.69, 9.17) is 0 Å². The molecule has 5 heteroatoms. The molecule has 2 aromatic carbocycles. The average molecular weight is 333 g/mol. The molecule has 1 amide bonds. The summed E-state index contributed by atoms with van der Waals surface area (Å²) in [6.07, 6.45) is 2.98. The van der Waals surface area contributed by atoms with Crippen molar-refractivity contribution in [1.82, 2.24) is 15.3 Å². The fourth-order valence-electron chi connectivity index (χ4n) is 3.31. The number of H-pyrrole nitrogens is 1. The normalized spacial score (nSPS) is 13.7. The summed E-state index contributed by atoms with van der Waals surface area (Å²) in [5, 5.41) is 2.93. The molecule has 0 spiro atoms. The lowest BCUT2D eigenvalue weighted by atomic mass is 9.89. The number of rotatable bonds is 4. The number of imidazole rings is 1. The molecule has 1 aromatic heterocycles. The molecule has 0 saturated heterocycles. The second kappa shape index (κ2) is 6.51. The van der Waals surface area contributed by atoms with Crippen molar-refractivity contribution in [2.75, 3.05) is 6.54 Å². The molecule has 0 radical (unpaired) electrons. The summed E-state index contributed by atoms with van der Waals surface area (Å²) >= 11 is 0. The van der Waals surface area contributed by atoms with Crippen LogP contribution in [0.2, 0.25) is 0 Å². The van der Waals surface area contributed by atoms with E-state index in [1.165, 1.54) is 0 Å². The first-order chi connectivity index (χ1) is 12.2. The molecular formula is C20H19N3O2. The van der Waals surface area contributed by atoms with E-state index in [1.807, 2.05) is 30.3 Å². The molecule has 0 saturated carbocycles. The number of aromatic nitrogens is 2. The van der Waals surface area contributed by atoms with E-state index >= 15 is 0 Å². The van der Waals surface area contributed by atoms with Gasteiger partial charge in [0, 0.05) is 30.5 Å². The molecule has 0 bridgehead atoms. The first-order valence-corrected chi connectivity index (χ1v) is 8.59. The predicted molar refractivity (Wildman–Crippen MR) is 95.8 cm³/mol. The number of hydrogen-bond acceptors (Lipinski definition) is 3. The van der Waals surface area contributed by atoms with Gasteiger partial charge in [-0.3, -0.25) is 9.59 Å². The molecule has 25 heavy (non-hydrogen) atoms. The monoisotopic (exact) mass is 333 g/mol. The lowest BCUT2D eigenvalue weighted by molar-refractivity contribution is 0.0947. The van der Waals surface area contributed by atoms with Gasteiger partial charge < -0.3 is 10.3 Å². The molecule has 1 aliphatic carbocycles. The third kappa shape index (κ3) is 3.18. The number of fused-ring (bicyclic) bond motifs is 2. The summed E-state index contributed by atoms with van der Waals surface area (Å²) in [7, 11) is 0. The number of carbonyl (C=O) groups excluding carboxylic acids is 2. The minimum Gasteiger partial charge on any atom is -0.352 e. The quantitative estimate of drug-likeness (QED) is 0.770. The van der Waals surface area contributed by atoms with Crippen LogP contribution < -0.4 is 5.32 Å². The Morgan fingerprint density at radius 1 is 1.16 bits per heavy atom. The van der Waals surface area contributed by atoms with Crippen molar-refractivity contribution in [2.45, 2.75) is 25.7 Å². The molecule has 1 aliphatic rings. The summed E-state index contributed by atoms with van der Waals surface area (Å²) in [5.74, 6) is 0.924. The molecule has 0 fully saturated rings. The van der Waals surface area contributed by atoms with E-state index in [9.17, 15) is 9.59 Å². The van der Waals surface area contributed by atoms with Crippen LogP contribution in [0.5, 0.6) is 0 Å². The average Bonchev–Trinajstić information content (AvgIpc) is 3.04. The number of hydrogen-bond donors (Lipinski definition) is 2. The van der Waals surface area contributed by atoms with Gasteiger partial charge in [0.1, 0.15) is 5.82 Å². The highest BCUT2D eigenvalue weighted by atomic mass is 16.1. The Labute approximate surface area is 145 Å². The number of ketones is 1. The van der Waals surface area contributed by atoms with Crippen molar-refractivity contribution < 1.29 is 9.59 Å². The van der Waals surface area contributed by atoms with Gasteiger partial charge in [0.2, 0.25) is 0 Å². The van der Waals surface area contributed by atoms with Crippen LogP contribution in [-0.4, -0.2) is 28.2 Å². The maximum atomic E-state index is 12.3. The van der Waals surface area contributed by atoms with E-state index in [0.29, 0.717) is 24.9 Å². The number of nitrogens with one attached hydrogen (secondary N) is 2. The molecule has 0 unspecified atom stereocenters. The van der Waals surface area contributed by atoms with Crippen LogP contribution in [0.1, 0.15) is 44.9 Å². The third-order valence-corrected chi connectivity index (χ3v) is 4.60. The number of aromatic amines is 1. The summed E-state index contributed by atoms with van der Waals surface area (Å²) in [6, 6.07) is 13.2. The highest BCUT2D eigenvalue weighted by Crippen LogP contribution is 2.22. The summed E-state index contributed by atoms with van der Waals surface area (Å²) in [4.78, 5) is 32.0. The SMILES string of the molecule is O=C(NCCc1nc2ccccc2[nH]1)c1ccc2c(c1)CCCC2=O. The Hall–Kier alpha value is -2.95. The lowest BCUT2D eigenvalue weighted by Crippen LogP contribution is -2.26. The first-order valence-electron chi connectivity index (χ1n) is 8.59. The van der Waals surface area contributed by atoms with Crippen LogP contribution in [-0.2, 0) is 12.8 Å². The van der Waals surface area contributed by atoms with Crippen molar-refractivity contribution in [3.8, 4) is 0 Å². The van der Waals surface area contributed by atoms with Gasteiger partial charge >= 0.3 is 0 Å². The number of benzene rings is 2. The van der Waals surface area contributed by atoms with Gasteiger partial charge in [0.15, 0.2) is 5.78 Å². The highest BCUT2D eigenvalue weighted by molar-refractivity contribution is 6.00. The molecular weight excluding hydrogens is 314 g/mol. The number of para-hydroxylation sites is 2. The van der Waals surface area contributed by atoms with E-state index < -0.39 is 0 Å². The number of nitrogens with zero attached hydrogens (tertiary/aromatic N) is 1. The lowest BCUT2D eigenvalue weighted by Gasteiger charge is -2.15. The van der Waals surface area contributed by atoms with Gasteiger partial charge in [0.05, 0.1) is 11.0 Å². The largest absolute Gasteiger partial charge is 0.352 e. The molecule has 1 heterocycles. The van der Waals surface area contributed by atoms with Crippen molar-refractivity contribution in [2.24, 2.45) is 0 Å². The number of carbonyl (C=O) groups is 2. The van der Waals surface area contributed by atoms with Crippen LogP contribution in [0, 0.1) is 0 Å². The van der Waals surface area contributed by atoms with Crippen LogP contribution in [0.3, 0.4) is 0 Å². The van der Waals surface area contributed by atoms with Crippen LogP contribution in [0.25, 0.3) is 11.0 Å². The summed E-state index contributed by atoms with van der Waals surface area (Å²) in [5.41, 5.74) is 4.30. The fraction of sp³-hybridized carbons (Fsp3) is 0.250. The minimum atomic E-state index is -0.114. The molecule has 4 rings (SSSR count). The van der Waals surface area contributed by atoms with E-state index in [-0.39, 0.29) is 11.7 Å². The minimum absolute atomic E-state index is 0.114. The van der Waals surface area contributed by atoms with Gasteiger partial charge in [-0.2, -0.15) is 0 Å². The van der Waals surface area contributed by atoms with E-state index in [0.717, 1.165) is 40.8 Å². The van der Waals surface area contributed by atoms with Gasteiger partial charge in [0.25, 0.3) is 5.91 Å². The highest BCUT2D eigenvalue weighted by Gasteiger charge is 2.18. The van der Waals surface area contributed by atoms with Gasteiger partial charge in [-0.15, -0.1) is 0 Å². The zero-order valence-electron chi connectivity index (χ0n) is 13.8. The van der Waals surface area contributed by atoms with Crippen LogP contribution in [0.15, 0.2) is 42.5 Å². The smallest absolute Gasteiger partial charge is 0.251 e. The topological polar surface area (TPSA) is 74.8 Å². The van der Waals surface area contributed by atoms with Gasteiger partial charge in [-0.05, 0) is 42.7 Å². The molecule has 5 nitrogen and oxygen atoms in total. The third-order valence-electron chi connectivity index (χ3n) is 4.60. The van der Waals surface area contributed by atoms with Gasteiger partial charge in [-0.25, -0.2) is 4.98 Å². The summed E-state index contributed by atoms with van der Waals surface area (Å²) < 4.78 is 0. The Balaban J connectivity index is 1.39. The predicted octanol–water partition coefficient (Wildman–Crippen LogP) is 3.05. The maximum absolute atomic E-state index is 12.3. The second-order valence-corrected chi connectivity index (χ2v) is 6.36. The standard InChI is InChI=1S/C20H19N3O2/c24-18-7-3-4-13-12-14(8-9-15(13)18)20(25)21-11-10-19-22-16-5-1-2-6-17(16)23-19/h1-2,5-6,8-9,12H,3-4,7,10-11H2,(H,21,25)(H,22,23). The number of amides is 1. The molecule has 3 aromatic rings. The van der Waals surface area contributed by atoms with Crippen molar-refractivity contribution in [3.05, 3.63) is 65.0 Å². The Bertz CT molecular complexity index is 925. The second-order valence-electron chi connectivity index (χ2n) is 6.36. The van der Waals surface area contributed by atoms with Crippen molar-refractivity contribution in [3.63, 3.8) is 0 Å². The Morgan fingerprint density at radius 3 is 2.92 bits per heavy atom. The van der Waals surface area contributed by atoms with Crippen LogP contribution in [0.4, 0.5) is 0 Å². The van der Waals surface area contributed by atoms with E-state index in [2.05, 4.69) is 15.3 Å². The summed E-state index contributed by atoms with van der Waals surface area (Å²) in [6.45, 7) is 0.509. The number of aryl methyl sites for hydroxylation is 1. The first kappa shape index (κ1) is 15.6. The Morgan fingerprint density at radius 2 is 2.04 bits per heavy atom. The molecule has 126 valence electrons. The zero-order chi connectivity index (χ0) is 17.2. The molecule has 0 atom stereocenters. The zero-order valence-corrected chi connectivity index (χ0v) is 13.8. The maximum Gasteiger partial charge on any atom is 0.251 e.